The molecular formula is C15H19ClN2O2. The fourth-order valence-electron chi connectivity index (χ4n) is 2.49. The number of nitrogens with zero attached hydrogens (tertiary/aromatic N) is 2. The van der Waals surface area contributed by atoms with Gasteiger partial charge in [-0.05, 0) is 32.4 Å². The van der Waals surface area contributed by atoms with E-state index in [4.69, 9.17) is 11.6 Å². The first-order chi connectivity index (χ1) is 9.56. The van der Waals surface area contributed by atoms with Gasteiger partial charge in [0.1, 0.15) is 0 Å². The molecule has 1 aromatic rings. The predicted molar refractivity (Wildman–Crippen MR) is 79.9 cm³/mol. The minimum Gasteiger partial charge on any atom is -0.330 e. The van der Waals surface area contributed by atoms with E-state index in [1.54, 1.807) is 9.80 Å². The lowest BCUT2D eigenvalue weighted by molar-refractivity contribution is -0.148. The number of anilines is 1. The molecule has 1 saturated heterocycles. The van der Waals surface area contributed by atoms with Crippen molar-refractivity contribution in [1.82, 2.24) is 4.90 Å². The van der Waals surface area contributed by atoms with Crippen LogP contribution in [0.15, 0.2) is 30.3 Å². The molecule has 0 aliphatic carbocycles. The highest BCUT2D eigenvalue weighted by molar-refractivity contribution is 6.41. The van der Waals surface area contributed by atoms with E-state index in [2.05, 4.69) is 0 Å². The Morgan fingerprint density at radius 3 is 2.40 bits per heavy atom. The molecule has 0 saturated carbocycles. The Morgan fingerprint density at radius 1 is 1.20 bits per heavy atom. The number of carbonyl (C=O) groups excluding carboxylic acids is 2. The molecule has 0 N–H and O–H groups in total. The number of alkyl halides is 1. The summed E-state index contributed by atoms with van der Waals surface area (Å²) in [5.41, 5.74) is 0.754. The smallest absolute Gasteiger partial charge is 0.316 e. The summed E-state index contributed by atoms with van der Waals surface area (Å²) in [4.78, 5) is 27.8. The van der Waals surface area contributed by atoms with E-state index in [1.165, 1.54) is 0 Å². The Morgan fingerprint density at radius 2 is 1.85 bits per heavy atom. The number of amides is 2. The zero-order chi connectivity index (χ0) is 14.7. The van der Waals surface area contributed by atoms with Crippen LogP contribution in [0.2, 0.25) is 0 Å². The second-order valence-corrected chi connectivity index (χ2v) is 5.57. The minimum absolute atomic E-state index is 0.0159. The predicted octanol–water partition coefficient (Wildman–Crippen LogP) is 2.27. The van der Waals surface area contributed by atoms with Crippen molar-refractivity contribution in [1.29, 1.82) is 0 Å². The van der Waals surface area contributed by atoms with Crippen molar-refractivity contribution < 1.29 is 9.59 Å². The molecule has 1 unspecified atom stereocenters. The van der Waals surface area contributed by atoms with Crippen LogP contribution in [0.1, 0.15) is 20.3 Å². The molecule has 0 radical (unpaired) electrons. The number of carbonyl (C=O) groups is 2. The molecule has 1 fully saturated rings. The van der Waals surface area contributed by atoms with Crippen LogP contribution in [-0.4, -0.2) is 41.2 Å². The largest absolute Gasteiger partial charge is 0.330 e. The van der Waals surface area contributed by atoms with E-state index >= 15 is 0 Å². The van der Waals surface area contributed by atoms with Crippen LogP contribution >= 0.6 is 11.6 Å². The molecule has 20 heavy (non-hydrogen) atoms. The van der Waals surface area contributed by atoms with Gasteiger partial charge in [0, 0.05) is 24.2 Å². The third kappa shape index (κ3) is 2.80. The normalized spacial score (nSPS) is 19.9. The van der Waals surface area contributed by atoms with Crippen LogP contribution in [-0.2, 0) is 9.59 Å². The van der Waals surface area contributed by atoms with Crippen molar-refractivity contribution in [2.75, 3.05) is 17.3 Å². The molecule has 1 aliphatic rings. The lowest BCUT2D eigenvalue weighted by Gasteiger charge is -2.42. The van der Waals surface area contributed by atoms with Crippen molar-refractivity contribution in [3.63, 3.8) is 0 Å². The first kappa shape index (κ1) is 14.9. The lowest BCUT2D eigenvalue weighted by Crippen LogP contribution is -2.61. The van der Waals surface area contributed by atoms with E-state index in [9.17, 15) is 9.59 Å². The molecule has 0 spiro atoms. The Bertz CT molecular complexity index is 490. The molecule has 1 aromatic carbocycles. The first-order valence-corrected chi connectivity index (χ1v) is 7.35. The molecular weight excluding hydrogens is 276 g/mol. The van der Waals surface area contributed by atoms with Crippen LogP contribution in [0, 0.1) is 0 Å². The molecule has 0 aromatic heterocycles. The van der Waals surface area contributed by atoms with E-state index in [1.807, 2.05) is 44.2 Å². The SMILES string of the molecule is CC(C)N1CC(CCCl)N(c2ccccc2)C(=O)C1=O. The number of para-hydroxylation sites is 1. The summed E-state index contributed by atoms with van der Waals surface area (Å²) in [7, 11) is 0. The van der Waals surface area contributed by atoms with Crippen LogP contribution in [0.4, 0.5) is 5.69 Å². The van der Waals surface area contributed by atoms with Gasteiger partial charge in [0.05, 0.1) is 6.04 Å². The van der Waals surface area contributed by atoms with Crippen molar-refractivity contribution in [3.8, 4) is 0 Å². The zero-order valence-corrected chi connectivity index (χ0v) is 12.5. The van der Waals surface area contributed by atoms with E-state index in [-0.39, 0.29) is 12.1 Å². The third-order valence-electron chi connectivity index (χ3n) is 3.54. The highest BCUT2D eigenvalue weighted by Gasteiger charge is 2.40. The Balaban J connectivity index is 2.34. The number of rotatable bonds is 4. The van der Waals surface area contributed by atoms with Gasteiger partial charge >= 0.3 is 11.8 Å². The fraction of sp³-hybridized carbons (Fsp3) is 0.467. The maximum Gasteiger partial charge on any atom is 0.316 e. The van der Waals surface area contributed by atoms with Crippen molar-refractivity contribution in [3.05, 3.63) is 30.3 Å². The molecule has 108 valence electrons. The van der Waals surface area contributed by atoms with Gasteiger partial charge in [-0.1, -0.05) is 18.2 Å². The molecule has 2 rings (SSSR count). The van der Waals surface area contributed by atoms with Crippen molar-refractivity contribution in [2.45, 2.75) is 32.4 Å². The van der Waals surface area contributed by atoms with Crippen molar-refractivity contribution in [2.24, 2.45) is 0 Å². The average Bonchev–Trinajstić information content (AvgIpc) is 2.44. The van der Waals surface area contributed by atoms with Gasteiger partial charge in [0.15, 0.2) is 0 Å². The molecule has 5 heteroatoms. The average molecular weight is 295 g/mol. The fourth-order valence-corrected chi connectivity index (χ4v) is 2.74. The summed E-state index contributed by atoms with van der Waals surface area (Å²) in [5, 5.41) is 0. The highest BCUT2D eigenvalue weighted by Crippen LogP contribution is 2.24. The molecule has 2 amide bonds. The first-order valence-electron chi connectivity index (χ1n) is 6.81. The van der Waals surface area contributed by atoms with Gasteiger partial charge in [-0.3, -0.25) is 14.5 Å². The number of benzene rings is 1. The molecule has 1 heterocycles. The Kier molecular flexibility index (Phi) is 4.65. The number of piperazine rings is 1. The third-order valence-corrected chi connectivity index (χ3v) is 3.75. The van der Waals surface area contributed by atoms with Gasteiger partial charge in [-0.2, -0.15) is 0 Å². The second-order valence-electron chi connectivity index (χ2n) is 5.19. The number of halogens is 1. The maximum absolute atomic E-state index is 12.4. The molecule has 0 bridgehead atoms. The van der Waals surface area contributed by atoms with Gasteiger partial charge in [-0.25, -0.2) is 0 Å². The zero-order valence-electron chi connectivity index (χ0n) is 11.8. The topological polar surface area (TPSA) is 40.6 Å². The van der Waals surface area contributed by atoms with Crippen LogP contribution in [0.5, 0.6) is 0 Å². The van der Waals surface area contributed by atoms with Gasteiger partial charge in [-0.15, -0.1) is 11.6 Å². The van der Waals surface area contributed by atoms with Gasteiger partial charge < -0.3 is 4.90 Å². The summed E-state index contributed by atoms with van der Waals surface area (Å²) >= 11 is 5.86. The van der Waals surface area contributed by atoms with Crippen molar-refractivity contribution >= 4 is 29.1 Å². The molecule has 1 aliphatic heterocycles. The summed E-state index contributed by atoms with van der Waals surface area (Å²) < 4.78 is 0. The van der Waals surface area contributed by atoms with Crippen LogP contribution in [0.25, 0.3) is 0 Å². The van der Waals surface area contributed by atoms with E-state index in [0.717, 1.165) is 5.69 Å². The van der Waals surface area contributed by atoms with Gasteiger partial charge in [0.2, 0.25) is 0 Å². The minimum atomic E-state index is -0.466. The highest BCUT2D eigenvalue weighted by atomic mass is 35.5. The Hall–Kier alpha value is -1.55. The van der Waals surface area contributed by atoms with E-state index in [0.29, 0.717) is 18.8 Å². The van der Waals surface area contributed by atoms with Gasteiger partial charge in [0.25, 0.3) is 0 Å². The van der Waals surface area contributed by atoms with Crippen LogP contribution in [0.3, 0.4) is 0 Å². The van der Waals surface area contributed by atoms with Crippen LogP contribution < -0.4 is 4.90 Å². The number of hydrogen-bond acceptors (Lipinski definition) is 2. The summed E-state index contributed by atoms with van der Waals surface area (Å²) in [6, 6.07) is 9.25. The molecule has 4 nitrogen and oxygen atoms in total. The monoisotopic (exact) mass is 294 g/mol. The lowest BCUT2D eigenvalue weighted by atomic mass is 10.1. The second kappa shape index (κ2) is 6.27. The van der Waals surface area contributed by atoms with E-state index < -0.39 is 11.8 Å². The Labute approximate surface area is 124 Å². The number of hydrogen-bond donors (Lipinski definition) is 0. The molecule has 1 atom stereocenters. The quantitative estimate of drug-likeness (QED) is 0.631. The standard InChI is InChI=1S/C15H19ClN2O2/c1-11(2)17-10-13(8-9-16)18(15(20)14(17)19)12-6-4-3-5-7-12/h3-7,11,13H,8-10H2,1-2H3. The summed E-state index contributed by atoms with van der Waals surface area (Å²) in [5.74, 6) is -0.442. The summed E-state index contributed by atoms with van der Waals surface area (Å²) in [6.07, 6.45) is 0.665. The summed E-state index contributed by atoms with van der Waals surface area (Å²) in [6.45, 7) is 4.37. The maximum atomic E-state index is 12.4.